The third-order valence-electron chi connectivity index (χ3n) is 3.37. The highest BCUT2D eigenvalue weighted by molar-refractivity contribution is 6.05. The first-order valence-corrected chi connectivity index (χ1v) is 5.48. The highest BCUT2D eigenvalue weighted by Crippen LogP contribution is 2.20. The van der Waals surface area contributed by atoms with Crippen molar-refractivity contribution in [3.8, 4) is 0 Å². The molecule has 3 N–H and O–H groups in total. The fourth-order valence-electron chi connectivity index (χ4n) is 2.34. The molecule has 0 bridgehead atoms. The van der Waals surface area contributed by atoms with Crippen LogP contribution in [0.2, 0.25) is 0 Å². The quantitative estimate of drug-likeness (QED) is 0.579. The van der Waals surface area contributed by atoms with Crippen LogP contribution in [0, 0.1) is 5.92 Å². The number of hydrogen-bond donors (Lipinski definition) is 2. The van der Waals surface area contributed by atoms with Crippen molar-refractivity contribution in [1.29, 1.82) is 0 Å². The maximum absolute atomic E-state index is 11.4. The maximum atomic E-state index is 11.4. The molecule has 0 aromatic rings. The zero-order valence-corrected chi connectivity index (χ0v) is 8.74. The molecule has 2 fully saturated rings. The lowest BCUT2D eigenvalue weighted by atomic mass is 9.96. The second-order valence-corrected chi connectivity index (χ2v) is 4.35. The Morgan fingerprint density at radius 1 is 1.33 bits per heavy atom. The van der Waals surface area contributed by atoms with Crippen LogP contribution in [-0.4, -0.2) is 42.4 Å². The normalized spacial score (nSPS) is 29.5. The third kappa shape index (κ3) is 2.18. The number of nitrogens with two attached hydrogens (primary N) is 1. The first-order valence-electron chi connectivity index (χ1n) is 5.48. The summed E-state index contributed by atoms with van der Waals surface area (Å²) >= 11 is 0. The van der Waals surface area contributed by atoms with Gasteiger partial charge in [0.25, 0.3) is 0 Å². The lowest BCUT2D eigenvalue weighted by Gasteiger charge is -2.33. The number of carbonyl (C=O) groups is 2. The second-order valence-electron chi connectivity index (χ2n) is 4.35. The van der Waals surface area contributed by atoms with Crippen LogP contribution in [0.15, 0.2) is 0 Å². The standard InChI is InChI=1S/C10H17N3O2/c11-6-7-1-3-13(4-2-7)8-5-9(14)12-10(8)15/h7-8H,1-6,11H2,(H,12,14,15). The molecule has 2 rings (SSSR count). The summed E-state index contributed by atoms with van der Waals surface area (Å²) in [6.07, 6.45) is 2.40. The van der Waals surface area contributed by atoms with E-state index in [1.807, 2.05) is 0 Å². The van der Waals surface area contributed by atoms with Gasteiger partial charge in [0.2, 0.25) is 11.8 Å². The summed E-state index contributed by atoms with van der Waals surface area (Å²) in [6.45, 7) is 2.49. The van der Waals surface area contributed by atoms with Crippen LogP contribution < -0.4 is 11.1 Å². The van der Waals surface area contributed by atoms with Crippen molar-refractivity contribution >= 4 is 11.8 Å². The molecule has 15 heavy (non-hydrogen) atoms. The van der Waals surface area contributed by atoms with E-state index < -0.39 is 0 Å². The van der Waals surface area contributed by atoms with Crippen molar-refractivity contribution in [3.63, 3.8) is 0 Å². The molecule has 2 saturated heterocycles. The summed E-state index contributed by atoms with van der Waals surface area (Å²) in [5.74, 6) is 0.304. The van der Waals surface area contributed by atoms with Gasteiger partial charge in [0.15, 0.2) is 0 Å². The fourth-order valence-corrected chi connectivity index (χ4v) is 2.34. The van der Waals surface area contributed by atoms with E-state index in [0.717, 1.165) is 32.5 Å². The number of hydrogen-bond acceptors (Lipinski definition) is 4. The van der Waals surface area contributed by atoms with Gasteiger partial charge >= 0.3 is 0 Å². The van der Waals surface area contributed by atoms with Crippen molar-refractivity contribution in [2.24, 2.45) is 11.7 Å². The lowest BCUT2D eigenvalue weighted by molar-refractivity contribution is -0.126. The largest absolute Gasteiger partial charge is 0.330 e. The summed E-state index contributed by atoms with van der Waals surface area (Å²) in [6, 6.07) is -0.226. The summed E-state index contributed by atoms with van der Waals surface area (Å²) in [5, 5.41) is 2.35. The minimum Gasteiger partial charge on any atom is -0.330 e. The Morgan fingerprint density at radius 3 is 2.47 bits per heavy atom. The second kappa shape index (κ2) is 4.28. The van der Waals surface area contributed by atoms with Gasteiger partial charge in [-0.3, -0.25) is 19.8 Å². The number of nitrogens with zero attached hydrogens (tertiary/aromatic N) is 1. The van der Waals surface area contributed by atoms with Gasteiger partial charge < -0.3 is 5.73 Å². The summed E-state index contributed by atoms with van der Waals surface area (Å²) < 4.78 is 0. The maximum Gasteiger partial charge on any atom is 0.244 e. The average molecular weight is 211 g/mol. The van der Waals surface area contributed by atoms with E-state index in [-0.39, 0.29) is 17.9 Å². The van der Waals surface area contributed by atoms with Crippen LogP contribution in [-0.2, 0) is 9.59 Å². The van der Waals surface area contributed by atoms with E-state index in [1.165, 1.54) is 0 Å². The molecule has 1 atom stereocenters. The Bertz CT molecular complexity index is 272. The molecule has 0 radical (unpaired) electrons. The van der Waals surface area contributed by atoms with Crippen molar-refractivity contribution in [2.75, 3.05) is 19.6 Å². The number of carbonyl (C=O) groups excluding carboxylic acids is 2. The van der Waals surface area contributed by atoms with Crippen molar-refractivity contribution in [1.82, 2.24) is 10.2 Å². The SMILES string of the molecule is NCC1CCN(C2CC(=O)NC2=O)CC1. The Labute approximate surface area is 89.0 Å². The molecule has 0 aromatic heterocycles. The van der Waals surface area contributed by atoms with Gasteiger partial charge in [-0.05, 0) is 38.4 Å². The lowest BCUT2D eigenvalue weighted by Crippen LogP contribution is -2.45. The molecule has 0 aliphatic carbocycles. The molecule has 0 saturated carbocycles. The molecule has 5 heteroatoms. The van der Waals surface area contributed by atoms with E-state index >= 15 is 0 Å². The number of amides is 2. The van der Waals surface area contributed by atoms with Crippen molar-refractivity contribution in [3.05, 3.63) is 0 Å². The molecular formula is C10H17N3O2. The predicted molar refractivity (Wildman–Crippen MR) is 54.9 cm³/mol. The number of piperidine rings is 1. The minimum absolute atomic E-state index is 0.133. The van der Waals surface area contributed by atoms with E-state index in [2.05, 4.69) is 10.2 Å². The Morgan fingerprint density at radius 2 is 2.00 bits per heavy atom. The highest BCUT2D eigenvalue weighted by Gasteiger charge is 2.36. The van der Waals surface area contributed by atoms with Crippen LogP contribution in [0.5, 0.6) is 0 Å². The van der Waals surface area contributed by atoms with Gasteiger partial charge in [0, 0.05) is 0 Å². The Balaban J connectivity index is 1.90. The van der Waals surface area contributed by atoms with Gasteiger partial charge in [-0.2, -0.15) is 0 Å². The number of imide groups is 1. The summed E-state index contributed by atoms with van der Waals surface area (Å²) in [4.78, 5) is 24.6. The van der Waals surface area contributed by atoms with Crippen LogP contribution in [0.1, 0.15) is 19.3 Å². The smallest absolute Gasteiger partial charge is 0.244 e. The van der Waals surface area contributed by atoms with Crippen LogP contribution in [0.3, 0.4) is 0 Å². The summed E-state index contributed by atoms with van der Waals surface area (Å²) in [5.41, 5.74) is 5.60. The topological polar surface area (TPSA) is 75.4 Å². The van der Waals surface area contributed by atoms with E-state index in [0.29, 0.717) is 12.3 Å². The number of rotatable bonds is 2. The van der Waals surface area contributed by atoms with Gasteiger partial charge in [0.1, 0.15) is 0 Å². The van der Waals surface area contributed by atoms with Gasteiger partial charge in [-0.1, -0.05) is 0 Å². The third-order valence-corrected chi connectivity index (χ3v) is 3.37. The molecule has 0 spiro atoms. The van der Waals surface area contributed by atoms with Crippen molar-refractivity contribution in [2.45, 2.75) is 25.3 Å². The molecule has 2 aliphatic heterocycles. The Hall–Kier alpha value is -0.940. The monoisotopic (exact) mass is 211 g/mol. The first kappa shape index (κ1) is 10.6. The zero-order chi connectivity index (χ0) is 10.8. The molecular weight excluding hydrogens is 194 g/mol. The first-order chi connectivity index (χ1) is 7.20. The summed E-state index contributed by atoms with van der Waals surface area (Å²) in [7, 11) is 0. The van der Waals surface area contributed by atoms with Crippen molar-refractivity contribution < 1.29 is 9.59 Å². The molecule has 0 aromatic carbocycles. The zero-order valence-electron chi connectivity index (χ0n) is 8.74. The molecule has 2 aliphatic rings. The van der Waals surface area contributed by atoms with E-state index in [4.69, 9.17) is 5.73 Å². The van der Waals surface area contributed by atoms with Crippen LogP contribution in [0.4, 0.5) is 0 Å². The van der Waals surface area contributed by atoms with Crippen LogP contribution >= 0.6 is 0 Å². The molecule has 1 unspecified atom stereocenters. The van der Waals surface area contributed by atoms with Gasteiger partial charge in [0.05, 0.1) is 12.5 Å². The van der Waals surface area contributed by atoms with E-state index in [1.54, 1.807) is 0 Å². The predicted octanol–water partition coefficient (Wildman–Crippen LogP) is -0.928. The van der Waals surface area contributed by atoms with Gasteiger partial charge in [-0.15, -0.1) is 0 Å². The fraction of sp³-hybridized carbons (Fsp3) is 0.800. The molecule has 84 valence electrons. The minimum atomic E-state index is -0.226. The molecule has 2 amide bonds. The number of nitrogens with one attached hydrogen (secondary N) is 1. The molecule has 5 nitrogen and oxygen atoms in total. The van der Waals surface area contributed by atoms with Crippen LogP contribution in [0.25, 0.3) is 0 Å². The molecule has 2 heterocycles. The average Bonchev–Trinajstić information content (AvgIpc) is 2.58. The van der Waals surface area contributed by atoms with Gasteiger partial charge in [-0.25, -0.2) is 0 Å². The highest BCUT2D eigenvalue weighted by atomic mass is 16.2. The number of likely N-dealkylation sites (tertiary alicyclic amines) is 1. The van der Waals surface area contributed by atoms with E-state index in [9.17, 15) is 9.59 Å². The Kier molecular flexibility index (Phi) is 3.02.